The molecule has 0 radical (unpaired) electrons. The van der Waals surface area contributed by atoms with E-state index in [0.29, 0.717) is 12.6 Å². The van der Waals surface area contributed by atoms with Crippen LogP contribution in [0, 0.1) is 5.92 Å². The van der Waals surface area contributed by atoms with E-state index >= 15 is 0 Å². The molecule has 0 aromatic carbocycles. The standard InChI is InChI=1S/C13H19NO2S/c1-3-11-4-5-12(17-11)9(2)14-7-6-10(8-14)13(15)16/h4-5,9-10H,3,6-8H2,1-2H3,(H,15,16). The molecule has 0 spiro atoms. The van der Waals surface area contributed by atoms with Crippen molar-refractivity contribution in [2.75, 3.05) is 13.1 Å². The fourth-order valence-corrected chi connectivity index (χ4v) is 3.37. The van der Waals surface area contributed by atoms with Crippen molar-refractivity contribution in [3.8, 4) is 0 Å². The van der Waals surface area contributed by atoms with E-state index in [4.69, 9.17) is 5.11 Å². The number of aryl methyl sites for hydroxylation is 1. The lowest BCUT2D eigenvalue weighted by Crippen LogP contribution is -2.25. The van der Waals surface area contributed by atoms with Crippen LogP contribution in [-0.4, -0.2) is 29.1 Å². The molecule has 1 aliphatic rings. The van der Waals surface area contributed by atoms with E-state index in [1.807, 2.05) is 11.3 Å². The number of carboxylic acid groups (broad SMARTS) is 1. The van der Waals surface area contributed by atoms with Crippen molar-refractivity contribution in [1.82, 2.24) is 4.90 Å². The Morgan fingerprint density at radius 1 is 1.65 bits per heavy atom. The predicted octanol–water partition coefficient (Wildman–Crippen LogP) is 2.78. The maximum Gasteiger partial charge on any atom is 0.307 e. The topological polar surface area (TPSA) is 40.5 Å². The summed E-state index contributed by atoms with van der Waals surface area (Å²) in [4.78, 5) is 16.0. The molecule has 94 valence electrons. The quantitative estimate of drug-likeness (QED) is 0.897. The van der Waals surface area contributed by atoms with Crippen molar-refractivity contribution in [1.29, 1.82) is 0 Å². The molecule has 17 heavy (non-hydrogen) atoms. The number of carbonyl (C=O) groups is 1. The number of hydrogen-bond donors (Lipinski definition) is 1. The van der Waals surface area contributed by atoms with Crippen molar-refractivity contribution < 1.29 is 9.90 Å². The van der Waals surface area contributed by atoms with Gasteiger partial charge in [0, 0.05) is 22.3 Å². The predicted molar refractivity (Wildman–Crippen MR) is 69.4 cm³/mol. The van der Waals surface area contributed by atoms with Gasteiger partial charge in [-0.15, -0.1) is 11.3 Å². The van der Waals surface area contributed by atoms with Gasteiger partial charge < -0.3 is 5.11 Å². The first-order valence-corrected chi connectivity index (χ1v) is 6.99. The Bertz CT molecular complexity index is 402. The fraction of sp³-hybridized carbons (Fsp3) is 0.615. The normalized spacial score (nSPS) is 22.8. The first kappa shape index (κ1) is 12.6. The van der Waals surface area contributed by atoms with E-state index in [1.54, 1.807) is 0 Å². The number of aliphatic carboxylic acids is 1. The van der Waals surface area contributed by atoms with Gasteiger partial charge >= 0.3 is 5.97 Å². The van der Waals surface area contributed by atoms with Crippen molar-refractivity contribution in [2.45, 2.75) is 32.7 Å². The summed E-state index contributed by atoms with van der Waals surface area (Å²) in [6.45, 7) is 5.93. The van der Waals surface area contributed by atoms with Crippen LogP contribution >= 0.6 is 11.3 Å². The van der Waals surface area contributed by atoms with Crippen molar-refractivity contribution >= 4 is 17.3 Å². The van der Waals surface area contributed by atoms with E-state index in [1.165, 1.54) is 9.75 Å². The highest BCUT2D eigenvalue weighted by molar-refractivity contribution is 7.12. The lowest BCUT2D eigenvalue weighted by Gasteiger charge is -2.22. The lowest BCUT2D eigenvalue weighted by molar-refractivity contribution is -0.141. The second kappa shape index (κ2) is 5.19. The largest absolute Gasteiger partial charge is 0.481 e. The van der Waals surface area contributed by atoms with Crippen LogP contribution in [0.25, 0.3) is 0 Å². The van der Waals surface area contributed by atoms with Gasteiger partial charge in [-0.1, -0.05) is 6.92 Å². The van der Waals surface area contributed by atoms with Crippen LogP contribution in [0.2, 0.25) is 0 Å². The molecule has 0 saturated carbocycles. The summed E-state index contributed by atoms with van der Waals surface area (Å²) in [7, 11) is 0. The van der Waals surface area contributed by atoms with Gasteiger partial charge in [-0.2, -0.15) is 0 Å². The molecule has 1 fully saturated rings. The zero-order chi connectivity index (χ0) is 12.4. The SMILES string of the molecule is CCc1ccc(C(C)N2CCC(C(=O)O)C2)s1. The Labute approximate surface area is 106 Å². The highest BCUT2D eigenvalue weighted by Gasteiger charge is 2.31. The third-order valence-electron chi connectivity index (χ3n) is 3.56. The van der Waals surface area contributed by atoms with Crippen LogP contribution < -0.4 is 0 Å². The van der Waals surface area contributed by atoms with E-state index in [9.17, 15) is 4.79 Å². The number of carboxylic acids is 1. The van der Waals surface area contributed by atoms with Crippen molar-refractivity contribution in [3.05, 3.63) is 21.9 Å². The third kappa shape index (κ3) is 2.69. The first-order chi connectivity index (χ1) is 8.11. The molecule has 2 atom stereocenters. The molecule has 2 rings (SSSR count). The van der Waals surface area contributed by atoms with Gasteiger partial charge in [0.1, 0.15) is 0 Å². The van der Waals surface area contributed by atoms with Gasteiger partial charge in [0.2, 0.25) is 0 Å². The first-order valence-electron chi connectivity index (χ1n) is 6.17. The number of likely N-dealkylation sites (tertiary alicyclic amines) is 1. The van der Waals surface area contributed by atoms with Crippen LogP contribution in [-0.2, 0) is 11.2 Å². The summed E-state index contributed by atoms with van der Waals surface area (Å²) in [5.74, 6) is -0.830. The third-order valence-corrected chi connectivity index (χ3v) is 4.96. The Hall–Kier alpha value is -0.870. The summed E-state index contributed by atoms with van der Waals surface area (Å²) in [6.07, 6.45) is 1.86. The van der Waals surface area contributed by atoms with Crippen molar-refractivity contribution in [3.63, 3.8) is 0 Å². The van der Waals surface area contributed by atoms with Gasteiger partial charge in [-0.3, -0.25) is 9.69 Å². The molecular formula is C13H19NO2S. The minimum Gasteiger partial charge on any atom is -0.481 e. The zero-order valence-corrected chi connectivity index (χ0v) is 11.2. The molecule has 1 aromatic rings. The molecule has 1 aromatic heterocycles. The molecule has 3 nitrogen and oxygen atoms in total. The van der Waals surface area contributed by atoms with Crippen LogP contribution in [0.4, 0.5) is 0 Å². The van der Waals surface area contributed by atoms with Gasteiger partial charge in [-0.25, -0.2) is 0 Å². The molecule has 0 bridgehead atoms. The maximum absolute atomic E-state index is 10.9. The van der Waals surface area contributed by atoms with E-state index < -0.39 is 5.97 Å². The van der Waals surface area contributed by atoms with Crippen LogP contribution in [0.15, 0.2) is 12.1 Å². The maximum atomic E-state index is 10.9. The average Bonchev–Trinajstić information content (AvgIpc) is 2.97. The number of hydrogen-bond acceptors (Lipinski definition) is 3. The Balaban J connectivity index is 2.01. The van der Waals surface area contributed by atoms with Gasteiger partial charge in [-0.05, 0) is 38.4 Å². The molecule has 0 aliphatic carbocycles. The highest BCUT2D eigenvalue weighted by Crippen LogP contribution is 2.31. The number of rotatable bonds is 4. The number of nitrogens with zero attached hydrogens (tertiary/aromatic N) is 1. The van der Waals surface area contributed by atoms with Crippen LogP contribution in [0.1, 0.15) is 36.1 Å². The second-order valence-electron chi connectivity index (χ2n) is 4.65. The Morgan fingerprint density at radius 2 is 2.41 bits per heavy atom. The molecular weight excluding hydrogens is 234 g/mol. The van der Waals surface area contributed by atoms with Gasteiger partial charge in [0.25, 0.3) is 0 Å². The Kier molecular flexibility index (Phi) is 3.84. The summed E-state index contributed by atoms with van der Waals surface area (Å²) < 4.78 is 0. The van der Waals surface area contributed by atoms with Gasteiger partial charge in [0.05, 0.1) is 5.92 Å². The molecule has 1 aliphatic heterocycles. The lowest BCUT2D eigenvalue weighted by atomic mass is 10.1. The summed E-state index contributed by atoms with van der Waals surface area (Å²) >= 11 is 1.85. The smallest absolute Gasteiger partial charge is 0.307 e. The average molecular weight is 253 g/mol. The minimum absolute atomic E-state index is 0.178. The summed E-state index contributed by atoms with van der Waals surface area (Å²) in [6, 6.07) is 4.72. The van der Waals surface area contributed by atoms with E-state index in [2.05, 4.69) is 30.9 Å². The summed E-state index contributed by atoms with van der Waals surface area (Å²) in [5.41, 5.74) is 0. The molecule has 4 heteroatoms. The molecule has 2 heterocycles. The molecule has 2 unspecified atom stereocenters. The minimum atomic E-state index is -0.653. The number of thiophene rings is 1. The zero-order valence-electron chi connectivity index (χ0n) is 10.3. The highest BCUT2D eigenvalue weighted by atomic mass is 32.1. The molecule has 1 saturated heterocycles. The van der Waals surface area contributed by atoms with E-state index in [0.717, 1.165) is 19.4 Å². The Morgan fingerprint density at radius 3 is 2.94 bits per heavy atom. The summed E-state index contributed by atoms with van der Waals surface area (Å²) in [5, 5.41) is 9.00. The second-order valence-corrected chi connectivity index (χ2v) is 5.85. The monoisotopic (exact) mass is 253 g/mol. The van der Waals surface area contributed by atoms with Crippen LogP contribution in [0.5, 0.6) is 0 Å². The molecule has 0 amide bonds. The van der Waals surface area contributed by atoms with Crippen LogP contribution in [0.3, 0.4) is 0 Å². The fourth-order valence-electron chi connectivity index (χ4n) is 2.33. The van der Waals surface area contributed by atoms with Gasteiger partial charge in [0.15, 0.2) is 0 Å². The van der Waals surface area contributed by atoms with E-state index in [-0.39, 0.29) is 5.92 Å². The van der Waals surface area contributed by atoms with Crippen molar-refractivity contribution in [2.24, 2.45) is 5.92 Å². The molecule has 1 N–H and O–H groups in total.